The molecular formula is C10H10BN4O. The van der Waals surface area contributed by atoms with Crippen molar-refractivity contribution in [2.24, 2.45) is 0 Å². The van der Waals surface area contributed by atoms with Gasteiger partial charge < -0.3 is 20.2 Å². The minimum Gasteiger partial charge on any atom is -0.496 e. The highest BCUT2D eigenvalue weighted by Crippen LogP contribution is 2.41. The van der Waals surface area contributed by atoms with Gasteiger partial charge in [-0.3, -0.25) is 0 Å². The molecule has 1 radical (unpaired) electrons. The Hall–Kier alpha value is -2.11. The van der Waals surface area contributed by atoms with Crippen molar-refractivity contribution in [3.05, 3.63) is 24.5 Å². The number of H-pyrrole nitrogens is 1. The van der Waals surface area contributed by atoms with Gasteiger partial charge in [-0.2, -0.15) is 0 Å². The third kappa shape index (κ3) is 1.23. The SMILES string of the molecule is COc1ccc2c(c1-c1ncc[nH]1)N[B]N2. The summed E-state index contributed by atoms with van der Waals surface area (Å²) in [6, 6.07) is 3.89. The lowest BCUT2D eigenvalue weighted by Crippen LogP contribution is -2.06. The van der Waals surface area contributed by atoms with Gasteiger partial charge in [0.25, 0.3) is 0 Å². The van der Waals surface area contributed by atoms with Crippen molar-refractivity contribution in [3.8, 4) is 17.1 Å². The summed E-state index contributed by atoms with van der Waals surface area (Å²) in [4.78, 5) is 7.34. The topological polar surface area (TPSA) is 62.0 Å². The molecule has 5 nitrogen and oxygen atoms in total. The first kappa shape index (κ1) is 9.14. The molecule has 1 aromatic carbocycles. The zero-order valence-corrected chi connectivity index (χ0v) is 8.74. The maximum absolute atomic E-state index is 5.35. The molecule has 2 aromatic rings. The van der Waals surface area contributed by atoms with E-state index in [2.05, 4.69) is 20.4 Å². The van der Waals surface area contributed by atoms with Gasteiger partial charge in [0.15, 0.2) is 0 Å². The summed E-state index contributed by atoms with van der Waals surface area (Å²) in [5.41, 5.74) is 2.94. The third-order valence-electron chi connectivity index (χ3n) is 2.57. The fourth-order valence-electron chi connectivity index (χ4n) is 1.85. The monoisotopic (exact) mass is 213 g/mol. The van der Waals surface area contributed by atoms with Crippen LogP contribution in [-0.2, 0) is 0 Å². The number of benzene rings is 1. The Morgan fingerprint density at radius 1 is 1.31 bits per heavy atom. The summed E-state index contributed by atoms with van der Waals surface area (Å²) in [6.07, 6.45) is 3.51. The van der Waals surface area contributed by atoms with Crippen LogP contribution in [0.15, 0.2) is 24.5 Å². The average Bonchev–Trinajstić information content (AvgIpc) is 2.98. The molecule has 0 bridgehead atoms. The Morgan fingerprint density at radius 3 is 3.00 bits per heavy atom. The number of ether oxygens (including phenoxy) is 1. The van der Waals surface area contributed by atoms with Crippen LogP contribution >= 0.6 is 0 Å². The van der Waals surface area contributed by atoms with Gasteiger partial charge in [0.1, 0.15) is 11.6 Å². The second-order valence-corrected chi connectivity index (χ2v) is 3.44. The number of hydrogen-bond donors (Lipinski definition) is 3. The molecule has 1 aromatic heterocycles. The summed E-state index contributed by atoms with van der Waals surface area (Å²) in [5.74, 6) is 1.58. The van der Waals surface area contributed by atoms with E-state index in [-0.39, 0.29) is 0 Å². The van der Waals surface area contributed by atoms with Crippen molar-refractivity contribution in [2.45, 2.75) is 0 Å². The molecule has 0 saturated heterocycles. The number of nitrogens with zero attached hydrogens (tertiary/aromatic N) is 1. The van der Waals surface area contributed by atoms with Crippen molar-refractivity contribution < 1.29 is 4.74 Å². The van der Waals surface area contributed by atoms with E-state index in [1.165, 1.54) is 0 Å². The fraction of sp³-hybridized carbons (Fsp3) is 0.100. The standard InChI is InChI=1S/C10H10BN4O/c1-16-7-3-2-6-9(15-11-14-6)8(7)10-12-4-5-13-10/h2-5,14-15H,1H3,(H,12,13). The highest BCUT2D eigenvalue weighted by molar-refractivity contribution is 6.49. The number of fused-ring (bicyclic) bond motifs is 1. The number of anilines is 2. The Kier molecular flexibility index (Phi) is 1.99. The molecule has 0 spiro atoms. The van der Waals surface area contributed by atoms with Crippen LogP contribution in [0.5, 0.6) is 5.75 Å². The third-order valence-corrected chi connectivity index (χ3v) is 2.57. The van der Waals surface area contributed by atoms with E-state index in [4.69, 9.17) is 4.74 Å². The molecule has 0 aliphatic carbocycles. The van der Waals surface area contributed by atoms with Gasteiger partial charge in [0.05, 0.1) is 18.4 Å². The minimum atomic E-state index is 0.790. The molecule has 0 saturated carbocycles. The summed E-state index contributed by atoms with van der Waals surface area (Å²) < 4.78 is 5.35. The number of hydrogen-bond acceptors (Lipinski definition) is 4. The Labute approximate surface area is 93.5 Å². The highest BCUT2D eigenvalue weighted by atomic mass is 16.5. The van der Waals surface area contributed by atoms with Crippen LogP contribution in [0.3, 0.4) is 0 Å². The van der Waals surface area contributed by atoms with Gasteiger partial charge in [-0.05, 0) is 12.1 Å². The fourth-order valence-corrected chi connectivity index (χ4v) is 1.85. The van der Waals surface area contributed by atoms with E-state index in [0.717, 1.165) is 28.5 Å². The Bertz CT molecular complexity index is 512. The minimum absolute atomic E-state index is 0.790. The zero-order valence-electron chi connectivity index (χ0n) is 8.74. The first-order valence-electron chi connectivity index (χ1n) is 4.95. The zero-order chi connectivity index (χ0) is 11.0. The number of nitrogens with one attached hydrogen (secondary N) is 3. The largest absolute Gasteiger partial charge is 0.496 e. The maximum atomic E-state index is 5.35. The maximum Gasteiger partial charge on any atom is 0.385 e. The van der Waals surface area contributed by atoms with Crippen LogP contribution in [-0.4, -0.2) is 24.6 Å². The van der Waals surface area contributed by atoms with Gasteiger partial charge in [0.2, 0.25) is 0 Å². The molecule has 6 heteroatoms. The lowest BCUT2D eigenvalue weighted by Gasteiger charge is -2.11. The van der Waals surface area contributed by atoms with Gasteiger partial charge >= 0.3 is 7.55 Å². The van der Waals surface area contributed by atoms with Crippen molar-refractivity contribution in [3.63, 3.8) is 0 Å². The van der Waals surface area contributed by atoms with Crippen molar-refractivity contribution >= 4 is 18.9 Å². The molecule has 1 aliphatic rings. The Balaban J connectivity index is 2.24. The van der Waals surface area contributed by atoms with Gasteiger partial charge in [0, 0.05) is 18.1 Å². The van der Waals surface area contributed by atoms with Crippen LogP contribution in [0.4, 0.5) is 11.4 Å². The summed E-state index contributed by atoms with van der Waals surface area (Å²) in [7, 11) is 3.44. The first-order valence-corrected chi connectivity index (χ1v) is 4.95. The van der Waals surface area contributed by atoms with Gasteiger partial charge in [-0.25, -0.2) is 4.98 Å². The number of methoxy groups -OCH3 is 1. The highest BCUT2D eigenvalue weighted by Gasteiger charge is 2.21. The molecule has 79 valence electrons. The summed E-state index contributed by atoms with van der Waals surface area (Å²) in [5, 5.41) is 6.28. The second-order valence-electron chi connectivity index (χ2n) is 3.44. The molecule has 3 rings (SSSR count). The average molecular weight is 213 g/mol. The van der Waals surface area contributed by atoms with E-state index >= 15 is 0 Å². The molecule has 0 fully saturated rings. The quantitative estimate of drug-likeness (QED) is 0.660. The van der Waals surface area contributed by atoms with Crippen LogP contribution in [0.2, 0.25) is 0 Å². The van der Waals surface area contributed by atoms with Crippen LogP contribution in [0.25, 0.3) is 11.4 Å². The van der Waals surface area contributed by atoms with E-state index in [1.54, 1.807) is 27.1 Å². The summed E-state index contributed by atoms with van der Waals surface area (Å²) >= 11 is 0. The summed E-state index contributed by atoms with van der Waals surface area (Å²) in [6.45, 7) is 0. The predicted octanol–water partition coefficient (Wildman–Crippen LogP) is 1.46. The molecule has 2 heterocycles. The van der Waals surface area contributed by atoms with Gasteiger partial charge in [-0.1, -0.05) is 0 Å². The Morgan fingerprint density at radius 2 is 2.25 bits per heavy atom. The molecule has 3 N–H and O–H groups in total. The smallest absolute Gasteiger partial charge is 0.385 e. The normalized spacial score (nSPS) is 12.3. The lowest BCUT2D eigenvalue weighted by atomic mass is 10.1. The van der Waals surface area contributed by atoms with Crippen molar-refractivity contribution in [1.82, 2.24) is 9.97 Å². The number of aromatic nitrogens is 2. The van der Waals surface area contributed by atoms with E-state index in [9.17, 15) is 0 Å². The van der Waals surface area contributed by atoms with Crippen molar-refractivity contribution in [2.75, 3.05) is 17.6 Å². The first-order chi connectivity index (χ1) is 7.90. The van der Waals surface area contributed by atoms with E-state index < -0.39 is 0 Å². The van der Waals surface area contributed by atoms with Gasteiger partial charge in [-0.15, -0.1) is 0 Å². The van der Waals surface area contributed by atoms with Crippen LogP contribution in [0.1, 0.15) is 0 Å². The van der Waals surface area contributed by atoms with E-state index in [1.807, 2.05) is 12.1 Å². The molecule has 0 unspecified atom stereocenters. The van der Waals surface area contributed by atoms with E-state index in [0.29, 0.717) is 0 Å². The second kappa shape index (κ2) is 3.48. The predicted molar refractivity (Wildman–Crippen MR) is 63.6 cm³/mol. The van der Waals surface area contributed by atoms with Crippen molar-refractivity contribution in [1.29, 1.82) is 0 Å². The molecular weight excluding hydrogens is 203 g/mol. The van der Waals surface area contributed by atoms with Crippen LogP contribution < -0.4 is 15.2 Å². The molecule has 0 amide bonds. The lowest BCUT2D eigenvalue weighted by molar-refractivity contribution is 0.416. The number of rotatable bonds is 2. The number of aromatic amines is 1. The molecule has 16 heavy (non-hydrogen) atoms. The molecule has 1 aliphatic heterocycles. The van der Waals surface area contributed by atoms with Crippen LogP contribution in [0, 0.1) is 0 Å². The number of imidazole rings is 1. The molecule has 0 atom stereocenters.